The molecule has 0 unspecified atom stereocenters. The van der Waals surface area contributed by atoms with Crippen LogP contribution in [0.5, 0.6) is 11.5 Å². The second-order valence-electron chi connectivity index (χ2n) is 7.28. The van der Waals surface area contributed by atoms with Gasteiger partial charge >= 0.3 is 0 Å². The van der Waals surface area contributed by atoms with Crippen molar-refractivity contribution in [2.75, 3.05) is 47.0 Å². The van der Waals surface area contributed by atoms with E-state index in [0.29, 0.717) is 6.04 Å². The fourth-order valence-corrected chi connectivity index (χ4v) is 3.87. The summed E-state index contributed by atoms with van der Waals surface area (Å²) in [5.41, 5.74) is 1.17. The highest BCUT2D eigenvalue weighted by Crippen LogP contribution is 2.25. The number of aromatic nitrogens is 2. The van der Waals surface area contributed by atoms with Crippen LogP contribution in [0.2, 0.25) is 0 Å². The smallest absolute Gasteiger partial charge is 0.122 e. The van der Waals surface area contributed by atoms with Crippen LogP contribution in [0.1, 0.15) is 18.4 Å². The maximum Gasteiger partial charge on any atom is 0.122 e. The Bertz CT molecular complexity index is 685. The minimum atomic E-state index is 0.212. The van der Waals surface area contributed by atoms with Gasteiger partial charge in [0.1, 0.15) is 11.5 Å². The second-order valence-corrected chi connectivity index (χ2v) is 7.28. The third-order valence-corrected chi connectivity index (χ3v) is 5.37. The van der Waals surface area contributed by atoms with Crippen LogP contribution >= 0.6 is 0 Å². The van der Waals surface area contributed by atoms with Crippen LogP contribution < -0.4 is 9.47 Å². The number of benzene rings is 1. The molecule has 7 nitrogen and oxygen atoms in total. The van der Waals surface area contributed by atoms with Crippen molar-refractivity contribution in [3.05, 3.63) is 42.2 Å². The SMILES string of the molecule is COc1cc(CN2CCN(CCCn3cccn3)C[C@H]2CCO)cc(OC)c1. The molecule has 1 N–H and O–H groups in total. The highest BCUT2D eigenvalue weighted by Gasteiger charge is 2.26. The average molecular weight is 389 g/mol. The predicted molar refractivity (Wildman–Crippen MR) is 109 cm³/mol. The molecule has 28 heavy (non-hydrogen) atoms. The van der Waals surface area contributed by atoms with Gasteiger partial charge in [0.15, 0.2) is 0 Å². The van der Waals surface area contributed by atoms with Crippen LogP contribution in [0.3, 0.4) is 0 Å². The molecule has 1 saturated heterocycles. The van der Waals surface area contributed by atoms with Crippen LogP contribution in [0.15, 0.2) is 36.7 Å². The summed E-state index contributed by atoms with van der Waals surface area (Å²) < 4.78 is 12.8. The van der Waals surface area contributed by atoms with E-state index in [4.69, 9.17) is 9.47 Å². The van der Waals surface area contributed by atoms with Gasteiger partial charge in [-0.3, -0.25) is 9.58 Å². The van der Waals surface area contributed by atoms with E-state index in [1.807, 2.05) is 29.2 Å². The average Bonchev–Trinajstić information content (AvgIpc) is 3.23. The third-order valence-electron chi connectivity index (χ3n) is 5.37. The molecule has 0 spiro atoms. The molecule has 1 aliphatic rings. The van der Waals surface area contributed by atoms with Crippen molar-refractivity contribution in [2.45, 2.75) is 32.0 Å². The molecular formula is C21H32N4O3. The lowest BCUT2D eigenvalue weighted by atomic mass is 10.1. The van der Waals surface area contributed by atoms with Gasteiger partial charge in [0.25, 0.3) is 0 Å². The van der Waals surface area contributed by atoms with Crippen molar-refractivity contribution in [3.8, 4) is 11.5 Å². The summed E-state index contributed by atoms with van der Waals surface area (Å²) in [4.78, 5) is 4.97. The van der Waals surface area contributed by atoms with Crippen molar-refractivity contribution in [1.82, 2.24) is 19.6 Å². The highest BCUT2D eigenvalue weighted by molar-refractivity contribution is 5.38. The van der Waals surface area contributed by atoms with Crippen molar-refractivity contribution in [1.29, 1.82) is 0 Å². The van der Waals surface area contributed by atoms with Gasteiger partial charge in [0.2, 0.25) is 0 Å². The van der Waals surface area contributed by atoms with Crippen LogP contribution in [-0.4, -0.2) is 77.7 Å². The standard InChI is InChI=1S/C21H32N4O3/c1-27-20-13-18(14-21(15-20)28-2)16-24-11-10-23(17-19(24)5-12-26)7-4-9-25-8-3-6-22-25/h3,6,8,13-15,19,26H,4-5,7,9-12,16-17H2,1-2H3/t19-/m1/s1. The first-order valence-corrected chi connectivity index (χ1v) is 9.98. The molecule has 0 bridgehead atoms. The van der Waals surface area contributed by atoms with E-state index in [1.165, 1.54) is 5.56 Å². The molecular weight excluding hydrogens is 356 g/mol. The number of nitrogens with zero attached hydrogens (tertiary/aromatic N) is 4. The molecule has 1 fully saturated rings. The number of methoxy groups -OCH3 is 2. The number of aryl methyl sites for hydroxylation is 1. The van der Waals surface area contributed by atoms with Crippen molar-refractivity contribution in [2.24, 2.45) is 0 Å². The molecule has 1 aromatic carbocycles. The monoisotopic (exact) mass is 388 g/mol. The molecule has 1 aliphatic heterocycles. The Balaban J connectivity index is 1.56. The molecule has 1 atom stereocenters. The molecule has 154 valence electrons. The Hall–Kier alpha value is -2.09. The van der Waals surface area contributed by atoms with Crippen LogP contribution in [0.25, 0.3) is 0 Å². The number of aliphatic hydroxyl groups is 1. The fraction of sp³-hybridized carbons (Fsp3) is 0.571. The fourth-order valence-electron chi connectivity index (χ4n) is 3.87. The van der Waals surface area contributed by atoms with Gasteiger partial charge in [-0.15, -0.1) is 0 Å². The largest absolute Gasteiger partial charge is 0.497 e. The zero-order valence-corrected chi connectivity index (χ0v) is 17.0. The predicted octanol–water partition coefficient (Wildman–Crippen LogP) is 1.86. The van der Waals surface area contributed by atoms with Gasteiger partial charge in [0, 0.05) is 70.4 Å². The van der Waals surface area contributed by atoms with Gasteiger partial charge in [0.05, 0.1) is 14.2 Å². The summed E-state index contributed by atoms with van der Waals surface area (Å²) in [6, 6.07) is 8.33. The summed E-state index contributed by atoms with van der Waals surface area (Å²) in [6.07, 6.45) is 5.70. The van der Waals surface area contributed by atoms with Crippen molar-refractivity contribution < 1.29 is 14.6 Å². The van der Waals surface area contributed by atoms with E-state index >= 15 is 0 Å². The Morgan fingerprint density at radius 1 is 1.11 bits per heavy atom. The maximum atomic E-state index is 9.56. The first kappa shape index (κ1) is 20.6. The number of hydrogen-bond acceptors (Lipinski definition) is 6. The van der Waals surface area contributed by atoms with Gasteiger partial charge in [-0.1, -0.05) is 0 Å². The second kappa shape index (κ2) is 10.5. The van der Waals surface area contributed by atoms with Gasteiger partial charge < -0.3 is 19.5 Å². The molecule has 7 heteroatoms. The number of piperazine rings is 1. The lowest BCUT2D eigenvalue weighted by Gasteiger charge is -2.41. The Kier molecular flexibility index (Phi) is 7.71. The van der Waals surface area contributed by atoms with E-state index in [-0.39, 0.29) is 6.61 Å². The molecule has 2 aromatic rings. The van der Waals surface area contributed by atoms with E-state index in [9.17, 15) is 5.11 Å². The summed E-state index contributed by atoms with van der Waals surface area (Å²) in [7, 11) is 3.35. The zero-order chi connectivity index (χ0) is 19.8. The number of rotatable bonds is 10. The molecule has 3 rings (SSSR count). The summed E-state index contributed by atoms with van der Waals surface area (Å²) in [5, 5.41) is 13.8. The van der Waals surface area contributed by atoms with Gasteiger partial charge in [-0.2, -0.15) is 5.10 Å². The van der Waals surface area contributed by atoms with E-state index in [0.717, 1.165) is 63.6 Å². The lowest BCUT2D eigenvalue weighted by molar-refractivity contribution is 0.0525. The number of aliphatic hydroxyl groups excluding tert-OH is 1. The normalized spacial score (nSPS) is 18.3. The summed E-state index contributed by atoms with van der Waals surface area (Å²) in [5.74, 6) is 1.62. The molecule has 0 amide bonds. The van der Waals surface area contributed by atoms with E-state index in [1.54, 1.807) is 14.2 Å². The number of hydrogen-bond donors (Lipinski definition) is 1. The highest BCUT2D eigenvalue weighted by atomic mass is 16.5. The van der Waals surface area contributed by atoms with Gasteiger partial charge in [-0.25, -0.2) is 0 Å². The molecule has 0 aliphatic carbocycles. The first-order chi connectivity index (χ1) is 13.7. The minimum Gasteiger partial charge on any atom is -0.497 e. The van der Waals surface area contributed by atoms with E-state index in [2.05, 4.69) is 27.0 Å². The first-order valence-electron chi connectivity index (χ1n) is 9.98. The maximum absolute atomic E-state index is 9.56. The molecule has 1 aromatic heterocycles. The van der Waals surface area contributed by atoms with Crippen LogP contribution in [0.4, 0.5) is 0 Å². The summed E-state index contributed by atoms with van der Waals surface area (Å²) >= 11 is 0. The minimum absolute atomic E-state index is 0.212. The number of ether oxygens (including phenoxy) is 2. The van der Waals surface area contributed by atoms with Crippen LogP contribution in [-0.2, 0) is 13.1 Å². The topological polar surface area (TPSA) is 63.0 Å². The van der Waals surface area contributed by atoms with Gasteiger partial charge in [-0.05, 0) is 36.6 Å². The summed E-state index contributed by atoms with van der Waals surface area (Å²) in [6.45, 7) is 6.07. The molecule has 2 heterocycles. The Morgan fingerprint density at radius 3 is 2.54 bits per heavy atom. The quantitative estimate of drug-likeness (QED) is 0.670. The van der Waals surface area contributed by atoms with E-state index < -0.39 is 0 Å². The Labute approximate surface area is 167 Å². The Morgan fingerprint density at radius 2 is 1.89 bits per heavy atom. The third kappa shape index (κ3) is 5.70. The molecule has 0 saturated carbocycles. The van der Waals surface area contributed by atoms with Crippen molar-refractivity contribution in [3.63, 3.8) is 0 Å². The zero-order valence-electron chi connectivity index (χ0n) is 17.0. The van der Waals surface area contributed by atoms with Crippen molar-refractivity contribution >= 4 is 0 Å². The molecule has 0 radical (unpaired) electrons. The van der Waals surface area contributed by atoms with Crippen LogP contribution in [0, 0.1) is 0 Å². The lowest BCUT2D eigenvalue weighted by Crippen LogP contribution is -2.53.